The lowest BCUT2D eigenvalue weighted by Crippen LogP contribution is -2.31. The van der Waals surface area contributed by atoms with Crippen LogP contribution >= 0.6 is 0 Å². The first-order valence-corrected chi connectivity index (χ1v) is 6.46. The van der Waals surface area contributed by atoms with Gasteiger partial charge in [0.25, 0.3) is 5.91 Å². The van der Waals surface area contributed by atoms with Gasteiger partial charge >= 0.3 is 0 Å². The topological polar surface area (TPSA) is 46.3 Å². The summed E-state index contributed by atoms with van der Waals surface area (Å²) in [6.45, 7) is 4.29. The maximum Gasteiger partial charge on any atom is 0.261 e. The monoisotopic (exact) mass is 272 g/mol. The summed E-state index contributed by atoms with van der Waals surface area (Å²) in [5.74, 6) is -0.964. The molecule has 0 aliphatic heterocycles. The number of nitrogens with zero attached hydrogens (tertiary/aromatic N) is 1. The van der Waals surface area contributed by atoms with Crippen LogP contribution in [0.15, 0.2) is 42.5 Å². The average molecular weight is 272 g/mol. The van der Waals surface area contributed by atoms with Gasteiger partial charge in [-0.25, -0.2) is 4.39 Å². The van der Waals surface area contributed by atoms with E-state index < -0.39 is 5.82 Å². The molecule has 0 heterocycles. The van der Waals surface area contributed by atoms with E-state index in [0.717, 1.165) is 17.3 Å². The van der Waals surface area contributed by atoms with Crippen molar-refractivity contribution in [3.05, 3.63) is 59.4 Å². The van der Waals surface area contributed by atoms with Crippen LogP contribution in [0.3, 0.4) is 0 Å². The summed E-state index contributed by atoms with van der Waals surface area (Å²) in [6, 6.07) is 11.7. The van der Waals surface area contributed by atoms with Crippen LogP contribution in [0, 0.1) is 12.7 Å². The van der Waals surface area contributed by atoms with Crippen molar-refractivity contribution in [2.45, 2.75) is 13.8 Å². The molecule has 104 valence electrons. The van der Waals surface area contributed by atoms with Crippen LogP contribution in [0.2, 0.25) is 0 Å². The molecule has 0 atom stereocenters. The number of rotatable bonds is 3. The Labute approximate surface area is 117 Å². The zero-order valence-electron chi connectivity index (χ0n) is 11.6. The predicted octanol–water partition coefficient (Wildman–Crippen LogP) is 3.38. The molecule has 2 aromatic carbocycles. The Morgan fingerprint density at radius 2 is 1.85 bits per heavy atom. The van der Waals surface area contributed by atoms with Crippen molar-refractivity contribution in [1.82, 2.24) is 0 Å². The second kappa shape index (κ2) is 5.74. The van der Waals surface area contributed by atoms with Crippen LogP contribution in [-0.2, 0) is 0 Å². The summed E-state index contributed by atoms with van der Waals surface area (Å²) in [6.07, 6.45) is 0. The summed E-state index contributed by atoms with van der Waals surface area (Å²) in [4.78, 5) is 14.0. The molecule has 0 unspecified atom stereocenters. The van der Waals surface area contributed by atoms with Crippen molar-refractivity contribution < 1.29 is 9.18 Å². The molecule has 0 radical (unpaired) electrons. The molecule has 0 saturated heterocycles. The molecule has 0 saturated carbocycles. The van der Waals surface area contributed by atoms with Crippen LogP contribution in [0.5, 0.6) is 0 Å². The van der Waals surface area contributed by atoms with Gasteiger partial charge in [0, 0.05) is 17.9 Å². The van der Waals surface area contributed by atoms with E-state index in [1.165, 1.54) is 17.0 Å². The lowest BCUT2D eigenvalue weighted by Gasteiger charge is -2.21. The van der Waals surface area contributed by atoms with Crippen LogP contribution < -0.4 is 10.6 Å². The summed E-state index contributed by atoms with van der Waals surface area (Å²) >= 11 is 0. The van der Waals surface area contributed by atoms with E-state index in [1.807, 2.05) is 38.1 Å². The van der Waals surface area contributed by atoms with Crippen molar-refractivity contribution in [2.24, 2.45) is 0 Å². The van der Waals surface area contributed by atoms with E-state index in [9.17, 15) is 9.18 Å². The normalized spacial score (nSPS) is 10.3. The molecule has 3 nitrogen and oxygen atoms in total. The fraction of sp³-hybridized carbons (Fsp3) is 0.188. The Morgan fingerprint density at radius 1 is 1.20 bits per heavy atom. The third kappa shape index (κ3) is 2.79. The average Bonchev–Trinajstić information content (AvgIpc) is 2.41. The Kier molecular flexibility index (Phi) is 4.03. The van der Waals surface area contributed by atoms with Crippen molar-refractivity contribution in [2.75, 3.05) is 17.2 Å². The molecular weight excluding hydrogens is 255 g/mol. The van der Waals surface area contributed by atoms with Crippen molar-refractivity contribution in [1.29, 1.82) is 0 Å². The quantitative estimate of drug-likeness (QED) is 0.871. The number of halogens is 1. The Hall–Kier alpha value is -2.36. The lowest BCUT2D eigenvalue weighted by atomic mass is 10.1. The van der Waals surface area contributed by atoms with Gasteiger partial charge in [0.2, 0.25) is 0 Å². The van der Waals surface area contributed by atoms with Gasteiger partial charge in [-0.2, -0.15) is 0 Å². The van der Waals surface area contributed by atoms with Crippen LogP contribution in [-0.4, -0.2) is 12.5 Å². The summed E-state index contributed by atoms with van der Waals surface area (Å²) in [5, 5.41) is 0. The molecule has 2 rings (SSSR count). The van der Waals surface area contributed by atoms with E-state index in [2.05, 4.69) is 0 Å². The fourth-order valence-electron chi connectivity index (χ4n) is 2.02. The van der Waals surface area contributed by atoms with Crippen LogP contribution in [0.25, 0.3) is 0 Å². The third-order valence-corrected chi connectivity index (χ3v) is 3.13. The number of nitrogen functional groups attached to an aromatic ring is 1. The highest BCUT2D eigenvalue weighted by atomic mass is 19.1. The first-order valence-electron chi connectivity index (χ1n) is 6.46. The molecule has 0 aromatic heterocycles. The smallest absolute Gasteiger partial charge is 0.261 e. The minimum Gasteiger partial charge on any atom is -0.399 e. The van der Waals surface area contributed by atoms with Crippen molar-refractivity contribution >= 4 is 17.3 Å². The van der Waals surface area contributed by atoms with Gasteiger partial charge in [-0.1, -0.05) is 17.7 Å². The van der Waals surface area contributed by atoms with Gasteiger partial charge in [-0.05, 0) is 44.2 Å². The maximum atomic E-state index is 13.8. The van der Waals surface area contributed by atoms with E-state index in [4.69, 9.17) is 5.73 Å². The Morgan fingerprint density at radius 3 is 2.40 bits per heavy atom. The fourth-order valence-corrected chi connectivity index (χ4v) is 2.02. The first-order chi connectivity index (χ1) is 9.52. The molecule has 0 aliphatic carbocycles. The predicted molar refractivity (Wildman–Crippen MR) is 79.3 cm³/mol. The van der Waals surface area contributed by atoms with Gasteiger partial charge in [0.05, 0.1) is 5.56 Å². The molecule has 0 bridgehead atoms. The zero-order chi connectivity index (χ0) is 14.7. The highest BCUT2D eigenvalue weighted by Gasteiger charge is 2.19. The molecule has 2 N–H and O–H groups in total. The first kappa shape index (κ1) is 14.1. The largest absolute Gasteiger partial charge is 0.399 e. The van der Waals surface area contributed by atoms with Gasteiger partial charge in [0.1, 0.15) is 5.82 Å². The Balaban J connectivity index is 2.36. The summed E-state index contributed by atoms with van der Waals surface area (Å²) < 4.78 is 13.8. The van der Waals surface area contributed by atoms with Crippen molar-refractivity contribution in [3.63, 3.8) is 0 Å². The second-order valence-electron chi connectivity index (χ2n) is 4.62. The highest BCUT2D eigenvalue weighted by Crippen LogP contribution is 2.20. The van der Waals surface area contributed by atoms with E-state index in [-0.39, 0.29) is 11.5 Å². The number of amides is 1. The third-order valence-electron chi connectivity index (χ3n) is 3.13. The minimum absolute atomic E-state index is 0.0293. The summed E-state index contributed by atoms with van der Waals surface area (Å²) in [7, 11) is 0. The molecule has 0 aliphatic rings. The molecule has 0 fully saturated rings. The lowest BCUT2D eigenvalue weighted by molar-refractivity contribution is 0.0984. The van der Waals surface area contributed by atoms with E-state index in [0.29, 0.717) is 12.2 Å². The van der Waals surface area contributed by atoms with Gasteiger partial charge in [-0.15, -0.1) is 0 Å². The standard InChI is InChI=1S/C16H17FN2O/c1-3-19(13-7-4-11(2)5-8-13)16(20)14-9-6-12(18)10-15(14)17/h4-10H,3,18H2,1-2H3. The number of anilines is 2. The molecule has 2 aromatic rings. The second-order valence-corrected chi connectivity index (χ2v) is 4.62. The number of benzene rings is 2. The van der Waals surface area contributed by atoms with Crippen LogP contribution in [0.4, 0.5) is 15.8 Å². The number of carbonyl (C=O) groups excluding carboxylic acids is 1. The number of nitrogens with two attached hydrogens (primary N) is 1. The SMILES string of the molecule is CCN(C(=O)c1ccc(N)cc1F)c1ccc(C)cc1. The number of hydrogen-bond donors (Lipinski definition) is 1. The molecule has 20 heavy (non-hydrogen) atoms. The molecule has 0 spiro atoms. The van der Waals surface area contributed by atoms with Crippen LogP contribution in [0.1, 0.15) is 22.8 Å². The summed E-state index contributed by atoms with van der Waals surface area (Å²) in [5.41, 5.74) is 7.69. The molecule has 4 heteroatoms. The number of carbonyl (C=O) groups is 1. The van der Waals surface area contributed by atoms with Gasteiger partial charge in [-0.3, -0.25) is 4.79 Å². The number of aryl methyl sites for hydroxylation is 1. The maximum absolute atomic E-state index is 13.8. The minimum atomic E-state index is -0.597. The van der Waals surface area contributed by atoms with E-state index in [1.54, 1.807) is 0 Å². The molecular formula is C16H17FN2O. The van der Waals surface area contributed by atoms with Gasteiger partial charge in [0.15, 0.2) is 0 Å². The molecule has 1 amide bonds. The van der Waals surface area contributed by atoms with E-state index >= 15 is 0 Å². The van der Waals surface area contributed by atoms with Crippen molar-refractivity contribution in [3.8, 4) is 0 Å². The highest BCUT2D eigenvalue weighted by molar-refractivity contribution is 6.06. The zero-order valence-corrected chi connectivity index (χ0v) is 11.6. The Bertz CT molecular complexity index is 623. The van der Waals surface area contributed by atoms with Gasteiger partial charge < -0.3 is 10.6 Å². The number of hydrogen-bond acceptors (Lipinski definition) is 2.